The van der Waals surface area contributed by atoms with Crippen LogP contribution in [0.15, 0.2) is 42.5 Å². The Kier molecular flexibility index (Phi) is 5.62. The summed E-state index contributed by atoms with van der Waals surface area (Å²) in [6.07, 6.45) is 2.50. The summed E-state index contributed by atoms with van der Waals surface area (Å²) in [5.74, 6) is -0.197. The van der Waals surface area contributed by atoms with Gasteiger partial charge in [0.25, 0.3) is 0 Å². The third-order valence-electron chi connectivity index (χ3n) is 6.25. The van der Waals surface area contributed by atoms with Crippen molar-refractivity contribution in [3.05, 3.63) is 65.1 Å². The molecule has 1 atom stereocenters. The number of nitrogens with one attached hydrogen (secondary N) is 1. The molecule has 0 spiro atoms. The highest BCUT2D eigenvalue weighted by molar-refractivity contribution is 7.18. The molecule has 0 saturated carbocycles. The van der Waals surface area contributed by atoms with E-state index in [-0.39, 0.29) is 23.7 Å². The van der Waals surface area contributed by atoms with E-state index < -0.39 is 0 Å². The Hall–Kier alpha value is -3.26. The van der Waals surface area contributed by atoms with Crippen LogP contribution in [0.25, 0.3) is 21.5 Å². The van der Waals surface area contributed by atoms with Gasteiger partial charge in [0.15, 0.2) is 0 Å². The predicted molar refractivity (Wildman–Crippen MR) is 130 cm³/mol. The number of nitrogens with two attached hydrogens (primary N) is 1. The minimum atomic E-state index is -0.231. The Morgan fingerprint density at radius 2 is 2.12 bits per heavy atom. The molecule has 2 aromatic heterocycles. The minimum Gasteiger partial charge on any atom is -0.374 e. The van der Waals surface area contributed by atoms with Crippen molar-refractivity contribution >= 4 is 33.3 Å². The van der Waals surface area contributed by atoms with Crippen LogP contribution in [0.3, 0.4) is 0 Å². The molecule has 1 unspecified atom stereocenters. The van der Waals surface area contributed by atoms with Crippen molar-refractivity contribution in [2.24, 2.45) is 5.92 Å². The van der Waals surface area contributed by atoms with E-state index in [1.54, 1.807) is 12.1 Å². The second kappa shape index (κ2) is 8.59. The number of amides is 1. The normalized spacial score (nSPS) is 15.7. The van der Waals surface area contributed by atoms with E-state index in [0.717, 1.165) is 46.3 Å². The summed E-state index contributed by atoms with van der Waals surface area (Å²) in [7, 11) is 0. The topological polar surface area (TPSA) is 85.8 Å². The molecular formula is C25H26FN5OS. The molecule has 5 rings (SSSR count). The van der Waals surface area contributed by atoms with E-state index in [0.29, 0.717) is 11.7 Å². The van der Waals surface area contributed by atoms with Crippen molar-refractivity contribution in [1.29, 1.82) is 0 Å². The lowest BCUT2D eigenvalue weighted by Crippen LogP contribution is -2.41. The zero-order chi connectivity index (χ0) is 23.1. The number of rotatable bonds is 5. The first kappa shape index (κ1) is 21.6. The van der Waals surface area contributed by atoms with Crippen LogP contribution in [-0.4, -0.2) is 26.7 Å². The molecule has 0 bridgehead atoms. The van der Waals surface area contributed by atoms with E-state index in [2.05, 4.69) is 32.2 Å². The summed E-state index contributed by atoms with van der Waals surface area (Å²) in [5.41, 5.74) is 11.3. The molecule has 0 aliphatic heterocycles. The highest BCUT2D eigenvalue weighted by Crippen LogP contribution is 2.36. The molecule has 1 aliphatic carbocycles. The average molecular weight is 464 g/mol. The maximum Gasteiger partial charge on any atom is 0.222 e. The third-order valence-corrected chi connectivity index (χ3v) is 7.06. The first-order valence-electron chi connectivity index (χ1n) is 11.2. The van der Waals surface area contributed by atoms with Gasteiger partial charge in [-0.3, -0.25) is 4.79 Å². The Morgan fingerprint density at radius 3 is 2.85 bits per heavy atom. The van der Waals surface area contributed by atoms with E-state index in [4.69, 9.17) is 5.73 Å². The summed E-state index contributed by atoms with van der Waals surface area (Å²) in [6, 6.07) is 13.1. The van der Waals surface area contributed by atoms with E-state index in [9.17, 15) is 9.18 Å². The molecule has 6 nitrogen and oxygen atoms in total. The number of nitrogen functional groups attached to an aromatic ring is 1. The van der Waals surface area contributed by atoms with Gasteiger partial charge in [-0.15, -0.1) is 10.2 Å². The molecule has 3 N–H and O–H groups in total. The van der Waals surface area contributed by atoms with Gasteiger partial charge in [0, 0.05) is 40.7 Å². The second-order valence-corrected chi connectivity index (χ2v) is 9.93. The Bertz CT molecular complexity index is 1340. The lowest BCUT2D eigenvalue weighted by molar-refractivity contribution is -0.124. The smallest absolute Gasteiger partial charge is 0.222 e. The van der Waals surface area contributed by atoms with Crippen molar-refractivity contribution in [3.8, 4) is 10.6 Å². The molecule has 1 aliphatic rings. The summed E-state index contributed by atoms with van der Waals surface area (Å²) in [6.45, 7) is 4.42. The molecular weight excluding hydrogens is 437 g/mol. The fourth-order valence-electron chi connectivity index (χ4n) is 4.62. The van der Waals surface area contributed by atoms with Gasteiger partial charge in [-0.2, -0.15) is 0 Å². The molecule has 0 saturated heterocycles. The number of hydrogen-bond acceptors (Lipinski definition) is 5. The molecule has 4 aromatic rings. The first-order valence-corrected chi connectivity index (χ1v) is 12.0. The average Bonchev–Trinajstić information content (AvgIpc) is 3.35. The minimum absolute atomic E-state index is 0.0461. The molecule has 2 heterocycles. The lowest BCUT2D eigenvalue weighted by Gasteiger charge is -2.26. The number of halogens is 1. The fraction of sp³-hybridized carbons (Fsp3) is 0.320. The number of aromatic nitrogens is 3. The van der Waals surface area contributed by atoms with Crippen molar-refractivity contribution in [2.75, 3.05) is 5.73 Å². The van der Waals surface area contributed by atoms with E-state index >= 15 is 0 Å². The fourth-order valence-corrected chi connectivity index (χ4v) is 5.23. The van der Waals surface area contributed by atoms with Crippen LogP contribution in [-0.2, 0) is 24.2 Å². The van der Waals surface area contributed by atoms with E-state index in [1.807, 2.05) is 26.0 Å². The van der Waals surface area contributed by atoms with Gasteiger partial charge in [0.05, 0.1) is 0 Å². The van der Waals surface area contributed by atoms with Crippen LogP contribution in [0.4, 0.5) is 9.52 Å². The number of carbonyl (C=O) groups is 1. The summed E-state index contributed by atoms with van der Waals surface area (Å²) < 4.78 is 16.1. The Balaban J connectivity index is 1.59. The third kappa shape index (κ3) is 4.23. The molecule has 8 heteroatoms. The zero-order valence-electron chi connectivity index (χ0n) is 18.6. The summed E-state index contributed by atoms with van der Waals surface area (Å²) in [4.78, 5) is 12.3. The number of hydrogen-bond donors (Lipinski definition) is 2. The van der Waals surface area contributed by atoms with Gasteiger partial charge >= 0.3 is 0 Å². The quantitative estimate of drug-likeness (QED) is 0.454. The number of fused-ring (bicyclic) bond motifs is 3. The van der Waals surface area contributed by atoms with Gasteiger partial charge in [-0.25, -0.2) is 4.39 Å². The molecule has 0 fully saturated rings. The summed E-state index contributed by atoms with van der Waals surface area (Å²) in [5, 5.41) is 13.7. The van der Waals surface area contributed by atoms with Crippen molar-refractivity contribution in [3.63, 3.8) is 0 Å². The molecule has 1 amide bonds. The Labute approximate surface area is 195 Å². The van der Waals surface area contributed by atoms with E-state index in [1.165, 1.54) is 28.7 Å². The van der Waals surface area contributed by atoms with Crippen LogP contribution in [0, 0.1) is 11.7 Å². The molecule has 2 aromatic carbocycles. The monoisotopic (exact) mass is 463 g/mol. The SMILES string of the molecule is CC(C)C(=O)NC1CCc2c(c3cc(-c4nnc(N)s4)ccc3n2Cc2cccc(F)c2)C1. The zero-order valence-corrected chi connectivity index (χ0v) is 19.5. The largest absolute Gasteiger partial charge is 0.374 e. The van der Waals surface area contributed by atoms with Crippen molar-refractivity contribution < 1.29 is 9.18 Å². The Morgan fingerprint density at radius 1 is 1.27 bits per heavy atom. The standard InChI is InChI=1S/C25H26FN5OS/c1-14(2)23(32)28-18-7-9-22-20(12-18)19-11-16(24-29-30-25(27)33-24)6-8-21(19)31(22)13-15-4-3-5-17(26)10-15/h3-6,8,10-11,14,18H,7,9,12-13H2,1-2H3,(H2,27,30)(H,28,32). The second-order valence-electron chi connectivity index (χ2n) is 8.92. The van der Waals surface area contributed by atoms with Gasteiger partial charge in [0.2, 0.25) is 11.0 Å². The van der Waals surface area contributed by atoms with Gasteiger partial charge < -0.3 is 15.6 Å². The molecule has 0 radical (unpaired) electrons. The van der Waals surface area contributed by atoms with Gasteiger partial charge in [-0.1, -0.05) is 37.3 Å². The number of carbonyl (C=O) groups excluding carboxylic acids is 1. The van der Waals surface area contributed by atoms with Crippen LogP contribution in [0.2, 0.25) is 0 Å². The van der Waals surface area contributed by atoms with Crippen LogP contribution >= 0.6 is 11.3 Å². The highest BCUT2D eigenvalue weighted by Gasteiger charge is 2.27. The highest BCUT2D eigenvalue weighted by atomic mass is 32.1. The molecule has 170 valence electrons. The lowest BCUT2D eigenvalue weighted by atomic mass is 9.90. The number of benzene rings is 2. The number of nitrogens with zero attached hydrogens (tertiary/aromatic N) is 3. The van der Waals surface area contributed by atoms with Crippen molar-refractivity contribution in [1.82, 2.24) is 20.1 Å². The summed E-state index contributed by atoms with van der Waals surface area (Å²) >= 11 is 1.36. The first-order chi connectivity index (χ1) is 15.9. The van der Waals surface area contributed by atoms with Crippen LogP contribution in [0.1, 0.15) is 37.1 Å². The van der Waals surface area contributed by atoms with Crippen molar-refractivity contribution in [2.45, 2.75) is 45.7 Å². The van der Waals surface area contributed by atoms with Gasteiger partial charge in [0.1, 0.15) is 10.8 Å². The maximum atomic E-state index is 13.9. The molecule has 33 heavy (non-hydrogen) atoms. The van der Waals surface area contributed by atoms with Crippen LogP contribution < -0.4 is 11.1 Å². The van der Waals surface area contributed by atoms with Gasteiger partial charge in [-0.05, 0) is 60.7 Å². The predicted octanol–water partition coefficient (Wildman–Crippen LogP) is 4.56. The van der Waals surface area contributed by atoms with Crippen LogP contribution in [0.5, 0.6) is 0 Å². The number of anilines is 1. The maximum absolute atomic E-state index is 13.9.